The van der Waals surface area contributed by atoms with Crippen LogP contribution in [-0.2, 0) is 16.0 Å². The summed E-state index contributed by atoms with van der Waals surface area (Å²) in [6.45, 7) is 0. The van der Waals surface area contributed by atoms with Crippen molar-refractivity contribution in [3.05, 3.63) is 33.4 Å². The van der Waals surface area contributed by atoms with Crippen LogP contribution in [0, 0.1) is 3.57 Å². The van der Waals surface area contributed by atoms with E-state index in [2.05, 4.69) is 0 Å². The highest BCUT2D eigenvalue weighted by atomic mass is 127. The summed E-state index contributed by atoms with van der Waals surface area (Å²) in [5, 5.41) is 0. The number of halogens is 11. The first-order valence-corrected chi connectivity index (χ1v) is 7.89. The van der Waals surface area contributed by atoms with E-state index in [1.54, 1.807) is 0 Å². The first kappa shape index (κ1) is 24.2. The lowest BCUT2D eigenvalue weighted by Crippen LogP contribution is -2.50. The average Bonchev–Trinajstić information content (AvgIpc) is 2.35. The van der Waals surface area contributed by atoms with E-state index in [-0.39, 0.29) is 3.57 Å². The molecule has 0 bridgehead atoms. The van der Waals surface area contributed by atoms with Gasteiger partial charge >= 0.3 is 33.6 Å². The zero-order valence-corrected chi connectivity index (χ0v) is 14.1. The van der Waals surface area contributed by atoms with Crippen molar-refractivity contribution in [2.45, 2.75) is 23.5 Å². The SMILES string of the molecule is FC(F)(F)C(F)(F)C(F)(F)c1ccccc1I.O=S(=O)(O)C(F)(F)F. The fourth-order valence-corrected chi connectivity index (χ4v) is 1.79. The second-order valence-electron chi connectivity index (χ2n) is 4.05. The Morgan fingerprint density at radius 2 is 1.20 bits per heavy atom. The van der Waals surface area contributed by atoms with Crippen LogP contribution in [0.5, 0.6) is 0 Å². The van der Waals surface area contributed by atoms with Gasteiger partial charge in [0.25, 0.3) is 0 Å². The van der Waals surface area contributed by atoms with Gasteiger partial charge in [-0.2, -0.15) is 52.3 Å². The van der Waals surface area contributed by atoms with Crippen LogP contribution in [0.3, 0.4) is 0 Å². The molecule has 0 spiro atoms. The Morgan fingerprint density at radius 3 is 1.48 bits per heavy atom. The standard InChI is InChI=1S/C9H4F7I.CHF3O3S/c10-7(11,8(12,13)9(14,15)16)5-3-1-2-4-6(5)17;2-1(3,4)8(5,6)7/h1-4H;(H,5,6,7). The normalized spacial score (nSPS) is 13.9. The number of alkyl halides is 10. The van der Waals surface area contributed by atoms with Crippen molar-refractivity contribution >= 4 is 32.7 Å². The monoisotopic (exact) mass is 522 g/mol. The van der Waals surface area contributed by atoms with E-state index in [4.69, 9.17) is 13.0 Å². The van der Waals surface area contributed by atoms with Crippen molar-refractivity contribution in [1.29, 1.82) is 0 Å². The summed E-state index contributed by atoms with van der Waals surface area (Å²) >= 11 is 1.27. The minimum absolute atomic E-state index is 0.362. The van der Waals surface area contributed by atoms with Gasteiger partial charge in [-0.3, -0.25) is 4.55 Å². The molecule has 0 aromatic heterocycles. The molecule has 0 aliphatic rings. The van der Waals surface area contributed by atoms with Crippen molar-refractivity contribution < 1.29 is 56.9 Å². The third-order valence-corrected chi connectivity index (χ3v) is 3.78. The predicted octanol–water partition coefficient (Wildman–Crippen LogP) is 4.97. The molecule has 0 aliphatic carbocycles. The summed E-state index contributed by atoms with van der Waals surface area (Å²) < 4.78 is 145. The quantitative estimate of drug-likeness (QED) is 0.258. The molecule has 0 aliphatic heterocycles. The first-order chi connectivity index (χ1) is 10.8. The minimum Gasteiger partial charge on any atom is -0.279 e. The van der Waals surface area contributed by atoms with Crippen LogP contribution in [-0.4, -0.2) is 30.6 Å². The highest BCUT2D eigenvalue weighted by Gasteiger charge is 2.73. The second-order valence-corrected chi connectivity index (χ2v) is 6.62. The van der Waals surface area contributed by atoms with Crippen LogP contribution < -0.4 is 0 Å². The van der Waals surface area contributed by atoms with Gasteiger partial charge in [0.1, 0.15) is 0 Å². The van der Waals surface area contributed by atoms with Crippen molar-refractivity contribution in [3.8, 4) is 0 Å². The predicted molar refractivity (Wildman–Crippen MR) is 71.7 cm³/mol. The molecule has 0 saturated carbocycles. The van der Waals surface area contributed by atoms with Gasteiger partial charge in [0.05, 0.1) is 0 Å². The summed E-state index contributed by atoms with van der Waals surface area (Å²) in [5.41, 5.74) is -6.88. The van der Waals surface area contributed by atoms with Crippen LogP contribution in [0.1, 0.15) is 5.56 Å². The summed E-state index contributed by atoms with van der Waals surface area (Å²) in [6.07, 6.45) is -6.31. The van der Waals surface area contributed by atoms with Crippen molar-refractivity contribution in [2.75, 3.05) is 0 Å². The van der Waals surface area contributed by atoms with Gasteiger partial charge in [0.2, 0.25) is 0 Å². The van der Waals surface area contributed by atoms with Crippen LogP contribution in [0.2, 0.25) is 0 Å². The summed E-state index contributed by atoms with van der Waals surface area (Å²) in [5.74, 6) is -11.4. The molecule has 0 saturated heterocycles. The molecule has 3 nitrogen and oxygen atoms in total. The Labute approximate surface area is 146 Å². The number of hydrogen-bond acceptors (Lipinski definition) is 2. The Balaban J connectivity index is 0.000000609. The molecule has 0 amide bonds. The summed E-state index contributed by atoms with van der Waals surface area (Å²) in [7, 11) is -5.84. The number of benzene rings is 1. The van der Waals surface area contributed by atoms with Crippen molar-refractivity contribution in [2.24, 2.45) is 0 Å². The highest BCUT2D eigenvalue weighted by molar-refractivity contribution is 14.1. The van der Waals surface area contributed by atoms with Gasteiger partial charge in [0.15, 0.2) is 0 Å². The van der Waals surface area contributed by atoms with Crippen molar-refractivity contribution in [1.82, 2.24) is 0 Å². The molecule has 1 rings (SSSR count). The van der Waals surface area contributed by atoms with Crippen LogP contribution >= 0.6 is 22.6 Å². The van der Waals surface area contributed by atoms with Crippen LogP contribution in [0.25, 0.3) is 0 Å². The maximum atomic E-state index is 13.2. The molecule has 0 atom stereocenters. The molecular formula is C10H5F10IO3S. The smallest absolute Gasteiger partial charge is 0.279 e. The van der Waals surface area contributed by atoms with Gasteiger partial charge in [-0.05, 0) is 28.7 Å². The molecule has 0 fully saturated rings. The molecule has 1 aromatic rings. The van der Waals surface area contributed by atoms with Crippen LogP contribution in [0.4, 0.5) is 43.9 Å². The fourth-order valence-electron chi connectivity index (χ4n) is 1.06. The summed E-state index contributed by atoms with van der Waals surface area (Å²) in [6, 6.07) is 3.79. The van der Waals surface area contributed by atoms with E-state index in [1.807, 2.05) is 0 Å². The first-order valence-electron chi connectivity index (χ1n) is 5.38. The molecule has 1 aromatic carbocycles. The van der Waals surface area contributed by atoms with E-state index in [0.717, 1.165) is 12.1 Å². The molecule has 0 radical (unpaired) electrons. The van der Waals surface area contributed by atoms with E-state index >= 15 is 0 Å². The number of rotatable bonds is 2. The molecule has 1 N–H and O–H groups in total. The molecule has 0 unspecified atom stereocenters. The third kappa shape index (κ3) is 5.57. The molecule has 15 heteroatoms. The number of hydrogen-bond donors (Lipinski definition) is 1. The molecular weight excluding hydrogens is 517 g/mol. The Hall–Kier alpha value is -0.840. The fraction of sp³-hybridized carbons (Fsp3) is 0.400. The Morgan fingerprint density at radius 1 is 0.840 bits per heavy atom. The highest BCUT2D eigenvalue weighted by Crippen LogP contribution is 2.52. The summed E-state index contributed by atoms with van der Waals surface area (Å²) in [4.78, 5) is 0. The van der Waals surface area contributed by atoms with Gasteiger partial charge in [-0.25, -0.2) is 0 Å². The van der Waals surface area contributed by atoms with Crippen LogP contribution in [0.15, 0.2) is 24.3 Å². The second kappa shape index (κ2) is 7.42. The molecule has 25 heavy (non-hydrogen) atoms. The van der Waals surface area contributed by atoms with Crippen molar-refractivity contribution in [3.63, 3.8) is 0 Å². The maximum Gasteiger partial charge on any atom is 0.522 e. The lowest BCUT2D eigenvalue weighted by atomic mass is 10.0. The average molecular weight is 522 g/mol. The van der Waals surface area contributed by atoms with E-state index in [9.17, 15) is 43.9 Å². The topological polar surface area (TPSA) is 54.4 Å². The lowest BCUT2D eigenvalue weighted by molar-refractivity contribution is -0.359. The molecule has 0 heterocycles. The zero-order valence-electron chi connectivity index (χ0n) is 11.1. The minimum atomic E-state index is -6.31. The van der Waals surface area contributed by atoms with E-state index in [1.165, 1.54) is 28.7 Å². The van der Waals surface area contributed by atoms with Gasteiger partial charge in [-0.15, -0.1) is 0 Å². The van der Waals surface area contributed by atoms with Gasteiger partial charge in [-0.1, -0.05) is 18.2 Å². The van der Waals surface area contributed by atoms with Gasteiger partial charge in [0, 0.05) is 9.13 Å². The third-order valence-electron chi connectivity index (χ3n) is 2.25. The van der Waals surface area contributed by atoms with Gasteiger partial charge < -0.3 is 0 Å². The van der Waals surface area contributed by atoms with E-state index in [0.29, 0.717) is 6.07 Å². The Kier molecular flexibility index (Phi) is 7.17. The largest absolute Gasteiger partial charge is 0.522 e. The maximum absolute atomic E-state index is 13.2. The Bertz CT molecular complexity index is 696. The lowest BCUT2D eigenvalue weighted by Gasteiger charge is -2.28. The molecule has 146 valence electrons. The zero-order chi connectivity index (χ0) is 20.5. The van der Waals surface area contributed by atoms with E-state index < -0.39 is 39.2 Å².